The molecule has 152 valence electrons. The maximum atomic E-state index is 14.3. The first-order valence-electron chi connectivity index (χ1n) is 10.4. The van der Waals surface area contributed by atoms with Gasteiger partial charge in [-0.2, -0.15) is 4.39 Å². The second-order valence-electron chi connectivity index (χ2n) is 7.34. The summed E-state index contributed by atoms with van der Waals surface area (Å²) in [6.07, 6.45) is 4.10. The van der Waals surface area contributed by atoms with Crippen LogP contribution in [0.15, 0.2) is 60.7 Å². The van der Waals surface area contributed by atoms with E-state index in [0.717, 1.165) is 30.4 Å². The van der Waals surface area contributed by atoms with Crippen LogP contribution in [0, 0.1) is 11.6 Å². The second-order valence-corrected chi connectivity index (χ2v) is 7.34. The molecule has 0 aliphatic rings. The Morgan fingerprint density at radius 1 is 0.621 bits per heavy atom. The van der Waals surface area contributed by atoms with Crippen LogP contribution >= 0.6 is 0 Å². The standard InChI is InChI=1S/C26H28F2O/c1-3-5-19-6-11-21(12-7-19)22-13-8-20(9-14-22)10-15-23-16-17-24(29-18-4-2)26(28)25(23)27/h6-9,11-14,16-17H,3-5,10,15,18H2,1-2H3. The predicted octanol–water partition coefficient (Wildman–Crippen LogP) is 7.16. The largest absolute Gasteiger partial charge is 0.490 e. The minimum absolute atomic E-state index is 0.0117. The van der Waals surface area contributed by atoms with Gasteiger partial charge < -0.3 is 4.74 Å². The quantitative estimate of drug-likeness (QED) is 0.374. The molecule has 0 amide bonds. The second kappa shape index (κ2) is 10.2. The van der Waals surface area contributed by atoms with Gasteiger partial charge in [-0.3, -0.25) is 0 Å². The zero-order valence-electron chi connectivity index (χ0n) is 17.2. The minimum Gasteiger partial charge on any atom is -0.490 e. The Morgan fingerprint density at radius 2 is 1.21 bits per heavy atom. The van der Waals surface area contributed by atoms with Crippen molar-refractivity contribution in [3.63, 3.8) is 0 Å². The molecule has 0 atom stereocenters. The molecule has 3 aromatic rings. The molecular formula is C26H28F2O. The van der Waals surface area contributed by atoms with Gasteiger partial charge in [0.05, 0.1) is 6.61 Å². The van der Waals surface area contributed by atoms with Crippen molar-refractivity contribution < 1.29 is 13.5 Å². The summed E-state index contributed by atoms with van der Waals surface area (Å²) in [5.41, 5.74) is 5.18. The number of benzene rings is 3. The van der Waals surface area contributed by atoms with Gasteiger partial charge in [-0.25, -0.2) is 4.39 Å². The van der Waals surface area contributed by atoms with Gasteiger partial charge in [0, 0.05) is 0 Å². The molecule has 0 heterocycles. The molecule has 0 bridgehead atoms. The van der Waals surface area contributed by atoms with E-state index in [1.165, 1.54) is 17.2 Å². The summed E-state index contributed by atoms with van der Waals surface area (Å²) in [4.78, 5) is 0. The molecular weight excluding hydrogens is 366 g/mol. The summed E-state index contributed by atoms with van der Waals surface area (Å²) in [5.74, 6) is -1.71. The zero-order valence-corrected chi connectivity index (χ0v) is 17.2. The fourth-order valence-electron chi connectivity index (χ4n) is 3.38. The highest BCUT2D eigenvalue weighted by molar-refractivity contribution is 5.64. The number of ether oxygens (including phenoxy) is 1. The van der Waals surface area contributed by atoms with E-state index in [9.17, 15) is 8.78 Å². The molecule has 3 heteroatoms. The van der Waals surface area contributed by atoms with E-state index in [4.69, 9.17) is 4.74 Å². The molecule has 1 nitrogen and oxygen atoms in total. The summed E-state index contributed by atoms with van der Waals surface area (Å²) in [7, 11) is 0. The lowest BCUT2D eigenvalue weighted by Crippen LogP contribution is -2.03. The molecule has 3 aromatic carbocycles. The molecule has 0 saturated carbocycles. The summed E-state index contributed by atoms with van der Waals surface area (Å²) >= 11 is 0. The zero-order chi connectivity index (χ0) is 20.6. The van der Waals surface area contributed by atoms with Gasteiger partial charge in [-0.1, -0.05) is 74.9 Å². The first kappa shape index (κ1) is 21.0. The molecule has 0 radical (unpaired) electrons. The predicted molar refractivity (Wildman–Crippen MR) is 115 cm³/mol. The molecule has 3 rings (SSSR count). The van der Waals surface area contributed by atoms with Crippen molar-refractivity contribution in [3.05, 3.63) is 89.0 Å². The highest BCUT2D eigenvalue weighted by Gasteiger charge is 2.14. The fourth-order valence-corrected chi connectivity index (χ4v) is 3.38. The van der Waals surface area contributed by atoms with Crippen LogP contribution in [0.2, 0.25) is 0 Å². The number of hydrogen-bond acceptors (Lipinski definition) is 1. The van der Waals surface area contributed by atoms with Crippen LogP contribution in [0.3, 0.4) is 0 Å². The lowest BCUT2D eigenvalue weighted by Gasteiger charge is -2.10. The normalized spacial score (nSPS) is 10.9. The van der Waals surface area contributed by atoms with Crippen molar-refractivity contribution in [1.82, 2.24) is 0 Å². The van der Waals surface area contributed by atoms with Crippen molar-refractivity contribution in [1.29, 1.82) is 0 Å². The van der Waals surface area contributed by atoms with Crippen LogP contribution in [0.5, 0.6) is 5.75 Å². The van der Waals surface area contributed by atoms with E-state index in [1.54, 1.807) is 6.07 Å². The highest BCUT2D eigenvalue weighted by atomic mass is 19.2. The van der Waals surface area contributed by atoms with Crippen LogP contribution in [-0.2, 0) is 19.3 Å². The Hall–Kier alpha value is -2.68. The van der Waals surface area contributed by atoms with E-state index in [0.29, 0.717) is 25.0 Å². The minimum atomic E-state index is -0.891. The number of hydrogen-bond donors (Lipinski definition) is 0. The summed E-state index contributed by atoms with van der Waals surface area (Å²) < 4.78 is 33.7. The van der Waals surface area contributed by atoms with Gasteiger partial charge >= 0.3 is 0 Å². The third-order valence-corrected chi connectivity index (χ3v) is 5.05. The van der Waals surface area contributed by atoms with Crippen molar-refractivity contribution in [2.75, 3.05) is 6.61 Å². The molecule has 0 aromatic heterocycles. The molecule has 29 heavy (non-hydrogen) atoms. The van der Waals surface area contributed by atoms with Crippen molar-refractivity contribution in [2.45, 2.75) is 46.0 Å². The van der Waals surface area contributed by atoms with Crippen LogP contribution in [0.1, 0.15) is 43.4 Å². The summed E-state index contributed by atoms with van der Waals surface area (Å²) in [6.45, 7) is 4.49. The van der Waals surface area contributed by atoms with Gasteiger partial charge in [-0.15, -0.1) is 0 Å². The average molecular weight is 395 g/mol. The average Bonchev–Trinajstić information content (AvgIpc) is 2.75. The van der Waals surface area contributed by atoms with E-state index >= 15 is 0 Å². The van der Waals surface area contributed by atoms with E-state index in [-0.39, 0.29) is 5.75 Å². The van der Waals surface area contributed by atoms with Crippen LogP contribution in [0.25, 0.3) is 11.1 Å². The van der Waals surface area contributed by atoms with E-state index in [1.807, 2.05) is 6.92 Å². The monoisotopic (exact) mass is 394 g/mol. The first-order valence-corrected chi connectivity index (χ1v) is 10.4. The van der Waals surface area contributed by atoms with Crippen LogP contribution < -0.4 is 4.74 Å². The Balaban J connectivity index is 1.64. The smallest absolute Gasteiger partial charge is 0.200 e. The SMILES string of the molecule is CCCOc1ccc(CCc2ccc(-c3ccc(CCC)cc3)cc2)c(F)c1F. The molecule has 0 saturated heterocycles. The Morgan fingerprint density at radius 3 is 1.76 bits per heavy atom. The summed E-state index contributed by atoms with van der Waals surface area (Å²) in [6, 6.07) is 20.1. The van der Waals surface area contributed by atoms with Gasteiger partial charge in [-0.05, 0) is 59.6 Å². The van der Waals surface area contributed by atoms with Crippen molar-refractivity contribution >= 4 is 0 Å². The van der Waals surface area contributed by atoms with Crippen molar-refractivity contribution in [2.24, 2.45) is 0 Å². The topological polar surface area (TPSA) is 9.23 Å². The Bertz CT molecular complexity index is 915. The number of halogens is 2. The van der Waals surface area contributed by atoms with Gasteiger partial charge in [0.15, 0.2) is 11.6 Å². The van der Waals surface area contributed by atoms with E-state index in [2.05, 4.69) is 55.5 Å². The molecule has 0 fully saturated rings. The lowest BCUT2D eigenvalue weighted by molar-refractivity contribution is 0.294. The van der Waals surface area contributed by atoms with Crippen LogP contribution in [-0.4, -0.2) is 6.61 Å². The Kier molecular flexibility index (Phi) is 7.40. The van der Waals surface area contributed by atoms with Gasteiger partial charge in [0.1, 0.15) is 0 Å². The molecule has 0 spiro atoms. The third-order valence-electron chi connectivity index (χ3n) is 5.05. The molecule has 0 aliphatic carbocycles. The maximum absolute atomic E-state index is 14.3. The first-order chi connectivity index (χ1) is 14.1. The molecule has 0 unspecified atom stereocenters. The highest BCUT2D eigenvalue weighted by Crippen LogP contribution is 2.25. The third kappa shape index (κ3) is 5.44. The van der Waals surface area contributed by atoms with Crippen LogP contribution in [0.4, 0.5) is 8.78 Å². The number of rotatable bonds is 9. The fraction of sp³-hybridized carbons (Fsp3) is 0.308. The van der Waals surface area contributed by atoms with E-state index < -0.39 is 11.6 Å². The maximum Gasteiger partial charge on any atom is 0.200 e. The molecule has 0 N–H and O–H groups in total. The van der Waals surface area contributed by atoms with Gasteiger partial charge in [0.2, 0.25) is 5.82 Å². The lowest BCUT2D eigenvalue weighted by atomic mass is 9.99. The Labute approximate surface area is 172 Å². The van der Waals surface area contributed by atoms with Crippen molar-refractivity contribution in [3.8, 4) is 16.9 Å². The summed E-state index contributed by atoms with van der Waals surface area (Å²) in [5, 5.41) is 0. The number of aryl methyl sites for hydroxylation is 3. The molecule has 0 aliphatic heterocycles. The van der Waals surface area contributed by atoms with Gasteiger partial charge in [0.25, 0.3) is 0 Å².